The summed E-state index contributed by atoms with van der Waals surface area (Å²) in [5, 5.41) is 6.05. The van der Waals surface area contributed by atoms with E-state index in [1.54, 1.807) is 6.92 Å². The summed E-state index contributed by atoms with van der Waals surface area (Å²) in [6.07, 6.45) is 7.88. The molecule has 0 aliphatic carbocycles. The Labute approximate surface area is 245 Å². The molecule has 0 bridgehead atoms. The highest BCUT2D eigenvalue weighted by Gasteiger charge is 2.44. The lowest BCUT2D eigenvalue weighted by Gasteiger charge is -2.36. The Balaban J connectivity index is 1.30. The number of hydrogen-bond donors (Lipinski definition) is 2. The van der Waals surface area contributed by atoms with E-state index in [-0.39, 0.29) is 23.8 Å². The van der Waals surface area contributed by atoms with Crippen molar-refractivity contribution in [3.63, 3.8) is 0 Å². The molecule has 0 radical (unpaired) electrons. The number of carbonyl (C=O) groups is 3. The van der Waals surface area contributed by atoms with Crippen LogP contribution in [-0.2, 0) is 28.5 Å². The lowest BCUT2D eigenvalue weighted by Crippen LogP contribution is -2.47. The average Bonchev–Trinajstić information content (AvgIpc) is 3.27. The van der Waals surface area contributed by atoms with E-state index in [0.717, 1.165) is 76.2 Å². The molecule has 10 nitrogen and oxygen atoms in total. The highest BCUT2D eigenvalue weighted by Crippen LogP contribution is 2.34. The molecule has 2 saturated heterocycles. The molecule has 3 amide bonds. The van der Waals surface area contributed by atoms with Gasteiger partial charge in [-0.3, -0.25) is 4.79 Å². The number of nitrogens with one attached hydrogen (secondary N) is 2. The summed E-state index contributed by atoms with van der Waals surface area (Å²) in [7, 11) is 0. The van der Waals surface area contributed by atoms with Crippen molar-refractivity contribution in [2.45, 2.75) is 83.7 Å². The fourth-order valence-corrected chi connectivity index (χ4v) is 6.47. The number of likely N-dealkylation sites (N-methyl/N-ethyl adjacent to an activating group) is 1. The van der Waals surface area contributed by atoms with Gasteiger partial charge in [-0.1, -0.05) is 6.42 Å². The van der Waals surface area contributed by atoms with E-state index in [2.05, 4.69) is 10.6 Å². The summed E-state index contributed by atoms with van der Waals surface area (Å²) in [6, 6.07) is 0.644. The minimum Gasteiger partial charge on any atom is -0.381 e. The van der Waals surface area contributed by atoms with Crippen molar-refractivity contribution in [2.24, 2.45) is 5.92 Å². The number of nitrogens with zero attached hydrogens (tertiary/aromatic N) is 1. The first kappa shape index (κ1) is 34.8. The van der Waals surface area contributed by atoms with Crippen molar-refractivity contribution in [1.29, 1.82) is 0 Å². The minimum absolute atomic E-state index is 0.0667. The third-order valence-corrected chi connectivity index (χ3v) is 8.49. The van der Waals surface area contributed by atoms with Gasteiger partial charge in [0.2, 0.25) is 5.91 Å². The van der Waals surface area contributed by atoms with Crippen molar-refractivity contribution >= 4 is 29.5 Å². The number of thioether (sulfide) groups is 1. The van der Waals surface area contributed by atoms with E-state index in [0.29, 0.717) is 71.0 Å². The van der Waals surface area contributed by atoms with E-state index in [4.69, 9.17) is 18.9 Å². The zero-order valence-corrected chi connectivity index (χ0v) is 25.6. The van der Waals surface area contributed by atoms with Crippen LogP contribution in [0.1, 0.15) is 71.6 Å². The Hall–Kier alpha value is -1.40. The summed E-state index contributed by atoms with van der Waals surface area (Å²) >= 11 is 1.93. The van der Waals surface area contributed by atoms with Gasteiger partial charge in [-0.25, -0.2) is 4.79 Å². The first-order chi connectivity index (χ1) is 19.5. The smallest absolute Gasteiger partial charge is 0.318 e. The molecular formula is C29H53N3O7S. The SMILES string of the molecule is CCN1C(=O)NC2CSC[C@@H](CCCCC(=O)NCCOCCOCCOCCCCOCCCCC(C)=O)[C@H]21. The predicted octanol–water partition coefficient (Wildman–Crippen LogP) is 3.41. The van der Waals surface area contributed by atoms with Crippen LogP contribution in [0.4, 0.5) is 4.79 Å². The standard InChI is InChI=1S/C29H53N3O7S/c1-3-32-28-25(22-40-23-26(28)31-29(32)35)11-4-5-12-27(34)30-13-17-38-19-21-39-20-18-37-16-9-8-15-36-14-7-6-10-24(2)33/h25-26,28H,3-23H2,1-2H3,(H,30,34)(H,31,35)/t25-,26?,28-/m1/s1. The molecule has 2 rings (SSSR count). The van der Waals surface area contributed by atoms with Gasteiger partial charge in [-0.15, -0.1) is 0 Å². The molecule has 0 aromatic heterocycles. The molecule has 11 heteroatoms. The van der Waals surface area contributed by atoms with Crippen LogP contribution in [0.3, 0.4) is 0 Å². The summed E-state index contributed by atoms with van der Waals surface area (Å²) in [5.74, 6) is 2.90. The van der Waals surface area contributed by atoms with Crippen LogP contribution in [0.15, 0.2) is 0 Å². The van der Waals surface area contributed by atoms with Crippen molar-refractivity contribution in [1.82, 2.24) is 15.5 Å². The van der Waals surface area contributed by atoms with Crippen molar-refractivity contribution < 1.29 is 33.3 Å². The van der Waals surface area contributed by atoms with Crippen LogP contribution in [0.25, 0.3) is 0 Å². The maximum Gasteiger partial charge on any atom is 0.318 e. The summed E-state index contributed by atoms with van der Waals surface area (Å²) in [4.78, 5) is 37.1. The van der Waals surface area contributed by atoms with Crippen LogP contribution in [0, 0.1) is 5.92 Å². The van der Waals surface area contributed by atoms with Gasteiger partial charge in [0.1, 0.15) is 5.78 Å². The van der Waals surface area contributed by atoms with Crippen molar-refractivity contribution in [3.05, 3.63) is 0 Å². The highest BCUT2D eigenvalue weighted by atomic mass is 32.2. The van der Waals surface area contributed by atoms with Crippen LogP contribution >= 0.6 is 11.8 Å². The van der Waals surface area contributed by atoms with Crippen LogP contribution in [0.2, 0.25) is 0 Å². The number of ether oxygens (including phenoxy) is 4. The number of fused-ring (bicyclic) bond motifs is 1. The number of urea groups is 1. The first-order valence-electron chi connectivity index (χ1n) is 15.2. The van der Waals surface area contributed by atoms with Gasteiger partial charge in [-0.2, -0.15) is 11.8 Å². The maximum absolute atomic E-state index is 12.2. The number of carbonyl (C=O) groups excluding carboxylic acids is 3. The lowest BCUT2D eigenvalue weighted by atomic mass is 9.90. The number of Topliss-reactive ketones (excluding diaryl/α,β-unsaturated/α-hetero) is 1. The molecule has 2 aliphatic heterocycles. The molecule has 40 heavy (non-hydrogen) atoms. The molecule has 2 fully saturated rings. The van der Waals surface area contributed by atoms with Crippen LogP contribution < -0.4 is 10.6 Å². The lowest BCUT2D eigenvalue weighted by molar-refractivity contribution is -0.121. The maximum atomic E-state index is 12.2. The molecule has 2 N–H and O–H groups in total. The van der Waals surface area contributed by atoms with Crippen LogP contribution in [0.5, 0.6) is 0 Å². The molecule has 2 aliphatic rings. The molecule has 2 heterocycles. The van der Waals surface area contributed by atoms with Gasteiger partial charge in [0.15, 0.2) is 0 Å². The Bertz CT molecular complexity index is 715. The van der Waals surface area contributed by atoms with E-state index >= 15 is 0 Å². The van der Waals surface area contributed by atoms with E-state index in [1.807, 2.05) is 23.6 Å². The zero-order valence-electron chi connectivity index (χ0n) is 24.8. The average molecular weight is 588 g/mol. The third kappa shape index (κ3) is 15.0. The second-order valence-electron chi connectivity index (χ2n) is 10.5. The Morgan fingerprint density at radius 3 is 2.12 bits per heavy atom. The Morgan fingerprint density at radius 2 is 1.45 bits per heavy atom. The minimum atomic E-state index is 0.0667. The zero-order chi connectivity index (χ0) is 28.8. The third-order valence-electron chi connectivity index (χ3n) is 7.23. The Morgan fingerprint density at radius 1 is 0.850 bits per heavy atom. The largest absolute Gasteiger partial charge is 0.381 e. The second kappa shape index (κ2) is 22.2. The van der Waals surface area contributed by atoms with Gasteiger partial charge in [0, 0.05) is 51.5 Å². The highest BCUT2D eigenvalue weighted by molar-refractivity contribution is 7.99. The molecule has 0 spiro atoms. The summed E-state index contributed by atoms with van der Waals surface area (Å²) in [6.45, 7) is 9.66. The fourth-order valence-electron chi connectivity index (χ4n) is 5.13. The van der Waals surface area contributed by atoms with E-state index in [1.165, 1.54) is 0 Å². The Kier molecular flexibility index (Phi) is 19.3. The molecule has 0 saturated carbocycles. The number of rotatable bonds is 25. The number of unbranched alkanes of at least 4 members (excludes halogenated alkanes) is 3. The van der Waals surface area contributed by atoms with E-state index < -0.39 is 0 Å². The summed E-state index contributed by atoms with van der Waals surface area (Å²) < 4.78 is 22.1. The number of amides is 3. The molecular weight excluding hydrogens is 534 g/mol. The topological polar surface area (TPSA) is 115 Å². The van der Waals surface area contributed by atoms with Gasteiger partial charge in [-0.05, 0) is 64.0 Å². The predicted molar refractivity (Wildman–Crippen MR) is 158 cm³/mol. The van der Waals surface area contributed by atoms with Crippen molar-refractivity contribution in [3.8, 4) is 0 Å². The molecule has 0 aromatic rings. The van der Waals surface area contributed by atoms with Gasteiger partial charge < -0.3 is 39.3 Å². The normalized spacial score (nSPS) is 20.4. The van der Waals surface area contributed by atoms with Crippen molar-refractivity contribution in [2.75, 3.05) is 77.5 Å². The first-order valence-corrected chi connectivity index (χ1v) is 16.4. The molecule has 1 unspecified atom stereocenters. The van der Waals surface area contributed by atoms with Gasteiger partial charge in [0.25, 0.3) is 0 Å². The molecule has 232 valence electrons. The van der Waals surface area contributed by atoms with Crippen LogP contribution in [-0.4, -0.2) is 112 Å². The summed E-state index contributed by atoms with van der Waals surface area (Å²) in [5.41, 5.74) is 0. The quantitative estimate of drug-likeness (QED) is 0.156. The number of hydrogen-bond acceptors (Lipinski definition) is 8. The van der Waals surface area contributed by atoms with Gasteiger partial charge in [0.05, 0.1) is 45.1 Å². The molecule has 0 aromatic carbocycles. The second-order valence-corrected chi connectivity index (χ2v) is 11.6. The fraction of sp³-hybridized carbons (Fsp3) is 0.897. The van der Waals surface area contributed by atoms with E-state index in [9.17, 15) is 14.4 Å². The van der Waals surface area contributed by atoms with Gasteiger partial charge >= 0.3 is 6.03 Å². The molecule has 3 atom stereocenters. The number of ketones is 1. The monoisotopic (exact) mass is 587 g/mol.